The summed E-state index contributed by atoms with van der Waals surface area (Å²) in [5.41, 5.74) is 9.93. The smallest absolute Gasteiger partial charge is 0.246 e. The minimum absolute atomic E-state index is 0. The second kappa shape index (κ2) is 7.74. The van der Waals surface area contributed by atoms with Crippen molar-refractivity contribution in [2.75, 3.05) is 22.5 Å². The zero-order chi connectivity index (χ0) is 17.3. The molecule has 1 amide bonds. The zero-order valence-corrected chi connectivity index (χ0v) is 15.2. The highest BCUT2D eigenvalue weighted by Gasteiger charge is 2.27. The Morgan fingerprint density at radius 2 is 2.08 bits per heavy atom. The molecule has 0 fully saturated rings. The molecule has 0 bridgehead atoms. The number of nitrogens with zero attached hydrogens (tertiary/aromatic N) is 1. The summed E-state index contributed by atoms with van der Waals surface area (Å²) in [5.74, 6) is -0.646. The van der Waals surface area contributed by atoms with E-state index >= 15 is 0 Å². The lowest BCUT2D eigenvalue weighted by molar-refractivity contribution is -0.117. The Balaban J connectivity index is 0.00000225. The van der Waals surface area contributed by atoms with Crippen LogP contribution in [0.25, 0.3) is 0 Å². The van der Waals surface area contributed by atoms with Gasteiger partial charge in [0.1, 0.15) is 11.9 Å². The molecule has 0 saturated carbocycles. The summed E-state index contributed by atoms with van der Waals surface area (Å²) in [4.78, 5) is 14.6. The van der Waals surface area contributed by atoms with Gasteiger partial charge in [0.05, 0.1) is 5.69 Å². The molecular weight excluding hydrogens is 341 g/mol. The molecule has 1 aliphatic heterocycles. The van der Waals surface area contributed by atoms with E-state index < -0.39 is 11.9 Å². The first-order chi connectivity index (χ1) is 11.5. The largest absolute Gasteiger partial charge is 0.398 e. The van der Waals surface area contributed by atoms with E-state index in [0.29, 0.717) is 0 Å². The molecule has 0 saturated heterocycles. The lowest BCUT2D eigenvalue weighted by Gasteiger charge is -2.36. The minimum Gasteiger partial charge on any atom is -0.398 e. The summed E-state index contributed by atoms with van der Waals surface area (Å²) >= 11 is 0. The number of anilines is 3. The van der Waals surface area contributed by atoms with Gasteiger partial charge in [-0.05, 0) is 62.1 Å². The number of hydrogen-bond acceptors (Lipinski definition) is 3. The van der Waals surface area contributed by atoms with Crippen LogP contribution >= 0.6 is 12.4 Å². The van der Waals surface area contributed by atoms with Crippen molar-refractivity contribution in [1.29, 1.82) is 0 Å². The van der Waals surface area contributed by atoms with Gasteiger partial charge in [0.2, 0.25) is 5.91 Å². The van der Waals surface area contributed by atoms with Crippen LogP contribution in [0.5, 0.6) is 0 Å². The molecule has 0 aliphatic carbocycles. The highest BCUT2D eigenvalue weighted by Crippen LogP contribution is 2.32. The van der Waals surface area contributed by atoms with E-state index in [9.17, 15) is 9.18 Å². The summed E-state index contributed by atoms with van der Waals surface area (Å²) in [6, 6.07) is 10.1. The van der Waals surface area contributed by atoms with Gasteiger partial charge >= 0.3 is 0 Å². The second-order valence-electron chi connectivity index (χ2n) is 6.29. The van der Waals surface area contributed by atoms with Crippen molar-refractivity contribution in [2.45, 2.75) is 32.7 Å². The van der Waals surface area contributed by atoms with E-state index in [1.165, 1.54) is 6.07 Å². The number of carbonyl (C=O) groups excluding carboxylic acids is 1. The molecule has 134 valence electrons. The summed E-state index contributed by atoms with van der Waals surface area (Å²) in [6.45, 7) is 4.42. The van der Waals surface area contributed by atoms with Crippen molar-refractivity contribution >= 4 is 35.4 Å². The van der Waals surface area contributed by atoms with E-state index in [-0.39, 0.29) is 24.0 Å². The number of fused-ring (bicyclic) bond motifs is 1. The fraction of sp³-hybridized carbons (Fsp3) is 0.316. The molecule has 2 aromatic rings. The van der Waals surface area contributed by atoms with Crippen LogP contribution in [0.3, 0.4) is 0 Å². The molecule has 6 heteroatoms. The summed E-state index contributed by atoms with van der Waals surface area (Å²) < 4.78 is 14.0. The van der Waals surface area contributed by atoms with E-state index in [1.807, 2.05) is 36.9 Å². The minimum atomic E-state index is -0.418. The van der Waals surface area contributed by atoms with Gasteiger partial charge in [-0.1, -0.05) is 12.1 Å². The third kappa shape index (κ3) is 3.87. The highest BCUT2D eigenvalue weighted by molar-refractivity contribution is 5.97. The molecule has 2 aromatic carbocycles. The molecule has 1 heterocycles. The monoisotopic (exact) mass is 363 g/mol. The Morgan fingerprint density at radius 1 is 1.32 bits per heavy atom. The average Bonchev–Trinajstić information content (AvgIpc) is 2.56. The van der Waals surface area contributed by atoms with Crippen molar-refractivity contribution in [2.24, 2.45) is 0 Å². The van der Waals surface area contributed by atoms with Crippen LogP contribution < -0.4 is 16.0 Å². The first-order valence-corrected chi connectivity index (χ1v) is 8.18. The normalized spacial score (nSPS) is 14.3. The third-order valence-electron chi connectivity index (χ3n) is 4.55. The van der Waals surface area contributed by atoms with Crippen LogP contribution in [0.15, 0.2) is 36.4 Å². The Labute approximate surface area is 153 Å². The maximum absolute atomic E-state index is 14.0. The van der Waals surface area contributed by atoms with Crippen LogP contribution in [0.4, 0.5) is 21.5 Å². The molecule has 3 N–H and O–H groups in total. The van der Waals surface area contributed by atoms with Crippen LogP contribution in [0.1, 0.15) is 24.5 Å². The first-order valence-electron chi connectivity index (χ1n) is 8.18. The topological polar surface area (TPSA) is 58.4 Å². The molecular formula is C19H23ClFN3O. The number of halogens is 2. The van der Waals surface area contributed by atoms with Gasteiger partial charge in [-0.2, -0.15) is 0 Å². The maximum Gasteiger partial charge on any atom is 0.246 e. The predicted octanol–water partition coefficient (Wildman–Crippen LogP) is 3.92. The fourth-order valence-corrected chi connectivity index (χ4v) is 3.18. The zero-order valence-electron chi connectivity index (χ0n) is 14.4. The average molecular weight is 364 g/mol. The molecule has 0 aromatic heterocycles. The number of nitrogens with two attached hydrogens (primary N) is 1. The highest BCUT2D eigenvalue weighted by atomic mass is 35.5. The number of aryl methyl sites for hydroxylation is 1. The van der Waals surface area contributed by atoms with Crippen molar-refractivity contribution in [3.8, 4) is 0 Å². The number of benzene rings is 2. The lowest BCUT2D eigenvalue weighted by Crippen LogP contribution is -2.45. The van der Waals surface area contributed by atoms with Crippen molar-refractivity contribution in [3.05, 3.63) is 53.3 Å². The number of nitrogen functional groups attached to an aromatic ring is 1. The van der Waals surface area contributed by atoms with Crippen molar-refractivity contribution < 1.29 is 9.18 Å². The standard InChI is InChI=1S/C19H22FN3O.ClH/c1-12-8-9-17(15(20)11-12)22-19(24)13(2)23-10-4-5-14-16(21)6-3-7-18(14)23;/h3,6-9,11,13H,4-5,10,21H2,1-2H3,(H,22,24);1H. The van der Waals surface area contributed by atoms with Gasteiger partial charge in [-0.3, -0.25) is 4.79 Å². The second-order valence-corrected chi connectivity index (χ2v) is 6.29. The lowest BCUT2D eigenvalue weighted by atomic mass is 9.98. The molecule has 25 heavy (non-hydrogen) atoms. The SMILES string of the molecule is Cc1ccc(NC(=O)C(C)N2CCCc3c(N)cccc32)c(F)c1.Cl. The number of rotatable bonds is 3. The first kappa shape index (κ1) is 19.1. The molecule has 4 nitrogen and oxygen atoms in total. The number of amides is 1. The Morgan fingerprint density at radius 3 is 2.80 bits per heavy atom. The van der Waals surface area contributed by atoms with E-state index in [4.69, 9.17) is 5.73 Å². The molecule has 1 atom stereocenters. The summed E-state index contributed by atoms with van der Waals surface area (Å²) in [6.07, 6.45) is 1.86. The van der Waals surface area contributed by atoms with E-state index in [2.05, 4.69) is 5.32 Å². The summed E-state index contributed by atoms with van der Waals surface area (Å²) in [5, 5.41) is 2.69. The van der Waals surface area contributed by atoms with Crippen LogP contribution in [0, 0.1) is 12.7 Å². The number of hydrogen-bond donors (Lipinski definition) is 2. The third-order valence-corrected chi connectivity index (χ3v) is 4.55. The predicted molar refractivity (Wildman–Crippen MR) is 103 cm³/mol. The van der Waals surface area contributed by atoms with Crippen LogP contribution in [-0.2, 0) is 11.2 Å². The Hall–Kier alpha value is -2.27. The fourth-order valence-electron chi connectivity index (χ4n) is 3.18. The number of nitrogens with one attached hydrogen (secondary N) is 1. The van der Waals surface area contributed by atoms with Crippen LogP contribution in [0.2, 0.25) is 0 Å². The van der Waals surface area contributed by atoms with Gasteiger partial charge in [-0.15, -0.1) is 12.4 Å². The van der Waals surface area contributed by atoms with Crippen molar-refractivity contribution in [3.63, 3.8) is 0 Å². The molecule has 1 aliphatic rings. The van der Waals surface area contributed by atoms with Gasteiger partial charge in [-0.25, -0.2) is 4.39 Å². The number of carbonyl (C=O) groups is 1. The Bertz CT molecular complexity index is 781. The Kier molecular flexibility index (Phi) is 5.90. The molecule has 3 rings (SSSR count). The van der Waals surface area contributed by atoms with E-state index in [0.717, 1.165) is 41.9 Å². The molecule has 0 radical (unpaired) electrons. The molecule has 0 spiro atoms. The van der Waals surface area contributed by atoms with Crippen molar-refractivity contribution in [1.82, 2.24) is 0 Å². The van der Waals surface area contributed by atoms with Gasteiger partial charge in [0, 0.05) is 17.9 Å². The summed E-state index contributed by atoms with van der Waals surface area (Å²) in [7, 11) is 0. The maximum atomic E-state index is 14.0. The quantitative estimate of drug-likeness (QED) is 0.812. The van der Waals surface area contributed by atoms with Gasteiger partial charge in [0.25, 0.3) is 0 Å². The molecule has 1 unspecified atom stereocenters. The van der Waals surface area contributed by atoms with Crippen LogP contribution in [-0.4, -0.2) is 18.5 Å². The van der Waals surface area contributed by atoms with Gasteiger partial charge < -0.3 is 16.0 Å². The van der Waals surface area contributed by atoms with E-state index in [1.54, 1.807) is 12.1 Å². The van der Waals surface area contributed by atoms with Gasteiger partial charge in [0.15, 0.2) is 0 Å².